The number of halogens is 1. The maximum Gasteiger partial charge on any atom is 0.0657 e. The largest absolute Gasteiger partial charge is 0.383 e. The summed E-state index contributed by atoms with van der Waals surface area (Å²) in [6.45, 7) is 2.83. The molecule has 0 fully saturated rings. The highest BCUT2D eigenvalue weighted by Crippen LogP contribution is 2.22. The zero-order chi connectivity index (χ0) is 14.4. The SMILES string of the molecule is COCC(N[C@@H](C)c1cccc(Br)c1)c1ccccc1. The summed E-state index contributed by atoms with van der Waals surface area (Å²) in [5, 5.41) is 3.63. The number of nitrogens with one attached hydrogen (secondary N) is 1. The van der Waals surface area contributed by atoms with Gasteiger partial charge < -0.3 is 10.1 Å². The summed E-state index contributed by atoms with van der Waals surface area (Å²) in [5.41, 5.74) is 2.51. The Morgan fingerprint density at radius 3 is 2.40 bits per heavy atom. The monoisotopic (exact) mass is 333 g/mol. The minimum absolute atomic E-state index is 0.190. The molecular formula is C17H20BrNO. The van der Waals surface area contributed by atoms with Crippen molar-refractivity contribution >= 4 is 15.9 Å². The average Bonchev–Trinajstić information content (AvgIpc) is 2.47. The van der Waals surface area contributed by atoms with E-state index in [1.165, 1.54) is 11.1 Å². The predicted molar refractivity (Wildman–Crippen MR) is 86.8 cm³/mol. The van der Waals surface area contributed by atoms with Crippen LogP contribution in [-0.4, -0.2) is 13.7 Å². The van der Waals surface area contributed by atoms with Gasteiger partial charge in [0.05, 0.1) is 12.6 Å². The molecule has 106 valence electrons. The number of ether oxygens (including phenoxy) is 1. The Morgan fingerprint density at radius 1 is 1.05 bits per heavy atom. The smallest absolute Gasteiger partial charge is 0.0657 e. The van der Waals surface area contributed by atoms with Gasteiger partial charge in [-0.05, 0) is 30.2 Å². The van der Waals surface area contributed by atoms with Gasteiger partial charge in [0.15, 0.2) is 0 Å². The minimum Gasteiger partial charge on any atom is -0.383 e. The first-order valence-corrected chi connectivity index (χ1v) is 7.55. The van der Waals surface area contributed by atoms with Crippen LogP contribution < -0.4 is 5.32 Å². The zero-order valence-corrected chi connectivity index (χ0v) is 13.4. The first-order chi connectivity index (χ1) is 9.70. The third kappa shape index (κ3) is 4.17. The zero-order valence-electron chi connectivity index (χ0n) is 11.8. The van der Waals surface area contributed by atoms with E-state index in [1.54, 1.807) is 7.11 Å². The summed E-state index contributed by atoms with van der Waals surface area (Å²) in [5.74, 6) is 0. The van der Waals surface area contributed by atoms with Crippen LogP contribution in [0, 0.1) is 0 Å². The summed E-state index contributed by atoms with van der Waals surface area (Å²) >= 11 is 3.52. The van der Waals surface area contributed by atoms with Crippen LogP contribution in [0.2, 0.25) is 0 Å². The fraction of sp³-hybridized carbons (Fsp3) is 0.294. The van der Waals surface area contributed by atoms with Crippen LogP contribution in [0.1, 0.15) is 30.1 Å². The van der Waals surface area contributed by atoms with Crippen molar-refractivity contribution in [2.75, 3.05) is 13.7 Å². The third-order valence-corrected chi connectivity index (χ3v) is 3.83. The normalized spacial score (nSPS) is 13.9. The molecule has 0 heterocycles. The molecule has 2 rings (SSSR count). The van der Waals surface area contributed by atoms with E-state index in [2.05, 4.69) is 70.6 Å². The van der Waals surface area contributed by atoms with Crippen LogP contribution in [0.5, 0.6) is 0 Å². The van der Waals surface area contributed by atoms with Crippen LogP contribution in [0.25, 0.3) is 0 Å². The van der Waals surface area contributed by atoms with E-state index in [4.69, 9.17) is 4.74 Å². The third-order valence-electron chi connectivity index (χ3n) is 3.34. The molecule has 2 atom stereocenters. The fourth-order valence-electron chi connectivity index (χ4n) is 2.27. The molecule has 2 aromatic rings. The second-order valence-corrected chi connectivity index (χ2v) is 5.78. The Hall–Kier alpha value is -1.16. The standard InChI is InChI=1S/C17H20BrNO/c1-13(15-9-6-10-16(18)11-15)19-17(12-20-2)14-7-4-3-5-8-14/h3-11,13,17,19H,12H2,1-2H3/t13-,17?/m0/s1. The van der Waals surface area contributed by atoms with E-state index in [9.17, 15) is 0 Å². The lowest BCUT2D eigenvalue weighted by molar-refractivity contribution is 0.162. The summed E-state index contributed by atoms with van der Waals surface area (Å²) < 4.78 is 6.45. The van der Waals surface area contributed by atoms with Crippen molar-refractivity contribution in [3.8, 4) is 0 Å². The van der Waals surface area contributed by atoms with E-state index >= 15 is 0 Å². The van der Waals surface area contributed by atoms with Crippen LogP contribution in [0.15, 0.2) is 59.1 Å². The second kappa shape index (κ2) is 7.58. The molecule has 1 unspecified atom stereocenters. The number of rotatable bonds is 6. The van der Waals surface area contributed by atoms with Crippen LogP contribution >= 0.6 is 15.9 Å². The van der Waals surface area contributed by atoms with Crippen molar-refractivity contribution in [2.45, 2.75) is 19.0 Å². The molecular weight excluding hydrogens is 314 g/mol. The molecule has 1 N–H and O–H groups in total. The van der Waals surface area contributed by atoms with Crippen molar-refractivity contribution in [3.05, 3.63) is 70.2 Å². The molecule has 0 aliphatic heterocycles. The summed E-state index contributed by atoms with van der Waals surface area (Å²) in [6, 6.07) is 19.2. The lowest BCUT2D eigenvalue weighted by atomic mass is 10.0. The van der Waals surface area contributed by atoms with Gasteiger partial charge in [-0.15, -0.1) is 0 Å². The van der Waals surface area contributed by atoms with Gasteiger partial charge >= 0.3 is 0 Å². The van der Waals surface area contributed by atoms with Gasteiger partial charge in [-0.25, -0.2) is 0 Å². The molecule has 20 heavy (non-hydrogen) atoms. The summed E-state index contributed by atoms with van der Waals surface area (Å²) in [7, 11) is 1.74. The molecule has 3 heteroatoms. The number of hydrogen-bond donors (Lipinski definition) is 1. The van der Waals surface area contributed by atoms with E-state index in [0.717, 1.165) is 4.47 Å². The first kappa shape index (κ1) is 15.2. The minimum atomic E-state index is 0.190. The van der Waals surface area contributed by atoms with Crippen molar-refractivity contribution in [1.82, 2.24) is 5.32 Å². The Bertz CT molecular complexity index is 530. The molecule has 0 spiro atoms. The van der Waals surface area contributed by atoms with E-state index in [0.29, 0.717) is 6.61 Å². The molecule has 0 amide bonds. The van der Waals surface area contributed by atoms with E-state index in [1.807, 2.05) is 12.1 Å². The molecule has 2 nitrogen and oxygen atoms in total. The van der Waals surface area contributed by atoms with Crippen LogP contribution in [-0.2, 0) is 4.74 Å². The predicted octanol–water partition coefficient (Wildman–Crippen LogP) is 4.49. The Kier molecular flexibility index (Phi) is 5.77. The lowest BCUT2D eigenvalue weighted by Gasteiger charge is -2.23. The maximum absolute atomic E-state index is 5.35. The van der Waals surface area contributed by atoms with Gasteiger partial charge in [0.1, 0.15) is 0 Å². The molecule has 0 aliphatic carbocycles. The molecule has 0 saturated heterocycles. The number of hydrogen-bond acceptors (Lipinski definition) is 2. The van der Waals surface area contributed by atoms with Gasteiger partial charge in [-0.3, -0.25) is 0 Å². The Morgan fingerprint density at radius 2 is 1.75 bits per heavy atom. The van der Waals surface area contributed by atoms with Gasteiger partial charge in [-0.2, -0.15) is 0 Å². The molecule has 0 saturated carbocycles. The van der Waals surface area contributed by atoms with Crippen molar-refractivity contribution < 1.29 is 4.74 Å². The summed E-state index contributed by atoms with van der Waals surface area (Å²) in [6.07, 6.45) is 0. The highest BCUT2D eigenvalue weighted by atomic mass is 79.9. The maximum atomic E-state index is 5.35. The average molecular weight is 334 g/mol. The van der Waals surface area contributed by atoms with Crippen LogP contribution in [0.3, 0.4) is 0 Å². The topological polar surface area (TPSA) is 21.3 Å². The van der Waals surface area contributed by atoms with Crippen LogP contribution in [0.4, 0.5) is 0 Å². The molecule has 0 radical (unpaired) electrons. The van der Waals surface area contributed by atoms with Crippen molar-refractivity contribution in [3.63, 3.8) is 0 Å². The Balaban J connectivity index is 2.12. The quantitative estimate of drug-likeness (QED) is 0.841. The first-order valence-electron chi connectivity index (χ1n) is 6.76. The highest BCUT2D eigenvalue weighted by Gasteiger charge is 2.15. The van der Waals surface area contributed by atoms with E-state index in [-0.39, 0.29) is 12.1 Å². The molecule has 2 aromatic carbocycles. The van der Waals surface area contributed by atoms with Gasteiger partial charge in [-0.1, -0.05) is 58.4 Å². The Labute approximate surface area is 129 Å². The lowest BCUT2D eigenvalue weighted by Crippen LogP contribution is -2.28. The fourth-order valence-corrected chi connectivity index (χ4v) is 2.68. The van der Waals surface area contributed by atoms with Gasteiger partial charge in [0.2, 0.25) is 0 Å². The summed E-state index contributed by atoms with van der Waals surface area (Å²) in [4.78, 5) is 0. The highest BCUT2D eigenvalue weighted by molar-refractivity contribution is 9.10. The molecule has 0 bridgehead atoms. The van der Waals surface area contributed by atoms with Crippen molar-refractivity contribution in [1.29, 1.82) is 0 Å². The second-order valence-electron chi connectivity index (χ2n) is 4.86. The van der Waals surface area contributed by atoms with Crippen molar-refractivity contribution in [2.24, 2.45) is 0 Å². The van der Waals surface area contributed by atoms with E-state index < -0.39 is 0 Å². The number of methoxy groups -OCH3 is 1. The molecule has 0 aliphatic rings. The number of benzene rings is 2. The van der Waals surface area contributed by atoms with Gasteiger partial charge in [0.25, 0.3) is 0 Å². The molecule has 0 aromatic heterocycles. The van der Waals surface area contributed by atoms with Gasteiger partial charge in [0, 0.05) is 17.6 Å².